The molecule has 4 amide bonds. The number of hydrogen-bond donors (Lipinski definition) is 3. The van der Waals surface area contributed by atoms with Gasteiger partial charge in [-0.15, -0.1) is 0 Å². The smallest absolute Gasteiger partial charge is 0.328 e. The highest BCUT2D eigenvalue weighted by Crippen LogP contribution is 2.27. The van der Waals surface area contributed by atoms with Crippen LogP contribution in [0, 0.1) is 0 Å². The van der Waals surface area contributed by atoms with Gasteiger partial charge in [-0.3, -0.25) is 20.2 Å². The monoisotopic (exact) mass is 238 g/mol. The van der Waals surface area contributed by atoms with Gasteiger partial charge in [-0.25, -0.2) is 4.79 Å². The largest absolute Gasteiger partial charge is 0.371 e. The van der Waals surface area contributed by atoms with Crippen molar-refractivity contribution in [1.82, 2.24) is 10.6 Å². The minimum atomic E-state index is -2.16. The zero-order valence-electron chi connectivity index (χ0n) is 9.28. The average Bonchev–Trinajstić information content (AvgIpc) is 2.28. The van der Waals surface area contributed by atoms with E-state index in [1.807, 2.05) is 16.7 Å². The van der Waals surface area contributed by atoms with Gasteiger partial charge in [0.2, 0.25) is 5.60 Å². The van der Waals surface area contributed by atoms with Crippen LogP contribution in [-0.2, 0) is 9.59 Å². The lowest BCUT2D eigenvalue weighted by molar-refractivity contribution is -0.154. The number of carbonyl (C=O) groups excluding carboxylic acids is 3. The molecule has 0 aromatic rings. The molecule has 0 unspecified atom stereocenters. The molecule has 2 aliphatic rings. The SMILES string of the molecule is O=C1NC(=O)C(O)(CC2=CCCCC2)C(=O)N1. The van der Waals surface area contributed by atoms with Crippen LogP contribution in [0.25, 0.3) is 0 Å². The van der Waals surface area contributed by atoms with E-state index >= 15 is 0 Å². The van der Waals surface area contributed by atoms with Crippen LogP contribution in [0.5, 0.6) is 0 Å². The van der Waals surface area contributed by atoms with Crippen molar-refractivity contribution in [2.45, 2.75) is 37.7 Å². The zero-order valence-corrected chi connectivity index (χ0v) is 9.28. The number of imide groups is 2. The standard InChI is InChI=1S/C11H14N2O4/c14-8-11(17,9(15)13-10(16)12-8)6-7-4-2-1-3-5-7/h4,17H,1-3,5-6H2,(H2,12,13,14,15,16). The third kappa shape index (κ3) is 2.21. The summed E-state index contributed by atoms with van der Waals surface area (Å²) >= 11 is 0. The molecular formula is C11H14N2O4. The molecule has 1 saturated heterocycles. The molecule has 0 bridgehead atoms. The van der Waals surface area contributed by atoms with Crippen molar-refractivity contribution in [2.24, 2.45) is 0 Å². The van der Waals surface area contributed by atoms with Crippen molar-refractivity contribution in [1.29, 1.82) is 0 Å². The number of carbonyl (C=O) groups is 3. The number of aliphatic hydroxyl groups is 1. The number of urea groups is 1. The molecule has 17 heavy (non-hydrogen) atoms. The first-order valence-corrected chi connectivity index (χ1v) is 5.59. The van der Waals surface area contributed by atoms with Gasteiger partial charge in [-0.05, 0) is 25.7 Å². The van der Waals surface area contributed by atoms with Crippen LogP contribution in [0.1, 0.15) is 32.1 Å². The molecule has 6 nitrogen and oxygen atoms in total. The Kier molecular flexibility index (Phi) is 2.97. The average molecular weight is 238 g/mol. The van der Waals surface area contributed by atoms with E-state index in [9.17, 15) is 19.5 Å². The van der Waals surface area contributed by atoms with E-state index in [-0.39, 0.29) is 6.42 Å². The predicted molar refractivity (Wildman–Crippen MR) is 57.8 cm³/mol. The summed E-state index contributed by atoms with van der Waals surface area (Å²) < 4.78 is 0. The van der Waals surface area contributed by atoms with E-state index in [1.54, 1.807) is 0 Å². The second kappa shape index (κ2) is 4.29. The first-order valence-electron chi connectivity index (χ1n) is 5.59. The molecule has 2 rings (SSSR count). The fourth-order valence-electron chi connectivity index (χ4n) is 2.10. The van der Waals surface area contributed by atoms with Crippen molar-refractivity contribution in [3.63, 3.8) is 0 Å². The molecule has 0 spiro atoms. The summed E-state index contributed by atoms with van der Waals surface area (Å²) in [4.78, 5) is 34.0. The Morgan fingerprint density at radius 2 is 1.82 bits per heavy atom. The number of hydrogen-bond acceptors (Lipinski definition) is 4. The van der Waals surface area contributed by atoms with Gasteiger partial charge in [-0.1, -0.05) is 11.6 Å². The van der Waals surface area contributed by atoms with Gasteiger partial charge in [0.1, 0.15) is 0 Å². The topological polar surface area (TPSA) is 95.5 Å². The first kappa shape index (κ1) is 11.8. The summed E-state index contributed by atoms with van der Waals surface area (Å²) in [6.07, 6.45) is 5.64. The molecule has 92 valence electrons. The third-order valence-electron chi connectivity index (χ3n) is 3.07. The second-order valence-corrected chi connectivity index (χ2v) is 4.38. The van der Waals surface area contributed by atoms with Crippen LogP contribution in [0.3, 0.4) is 0 Å². The van der Waals surface area contributed by atoms with E-state index < -0.39 is 23.4 Å². The van der Waals surface area contributed by atoms with Crippen LogP contribution < -0.4 is 10.6 Å². The number of allylic oxidation sites excluding steroid dienone is 1. The highest BCUT2D eigenvalue weighted by molar-refractivity contribution is 6.21. The van der Waals surface area contributed by atoms with E-state index in [1.165, 1.54) is 0 Å². The molecule has 1 aliphatic carbocycles. The van der Waals surface area contributed by atoms with Crippen LogP contribution in [0.4, 0.5) is 4.79 Å². The lowest BCUT2D eigenvalue weighted by Gasteiger charge is -2.30. The molecular weight excluding hydrogens is 224 g/mol. The van der Waals surface area contributed by atoms with Crippen molar-refractivity contribution in [2.75, 3.05) is 0 Å². The minimum absolute atomic E-state index is 0.0437. The van der Waals surface area contributed by atoms with Crippen LogP contribution >= 0.6 is 0 Å². The van der Waals surface area contributed by atoms with E-state index in [2.05, 4.69) is 0 Å². The van der Waals surface area contributed by atoms with Gasteiger partial charge in [0.05, 0.1) is 0 Å². The second-order valence-electron chi connectivity index (χ2n) is 4.38. The predicted octanol–water partition coefficient (Wildman–Crippen LogP) is -0.0260. The fraction of sp³-hybridized carbons (Fsp3) is 0.545. The summed E-state index contributed by atoms with van der Waals surface area (Å²) in [6.45, 7) is 0. The first-order chi connectivity index (χ1) is 8.02. The van der Waals surface area contributed by atoms with Crippen LogP contribution in [-0.4, -0.2) is 28.6 Å². The van der Waals surface area contributed by atoms with Crippen molar-refractivity contribution >= 4 is 17.8 Å². The van der Waals surface area contributed by atoms with Gasteiger partial charge in [-0.2, -0.15) is 0 Å². The molecule has 6 heteroatoms. The van der Waals surface area contributed by atoms with Gasteiger partial charge < -0.3 is 5.11 Å². The molecule has 1 fully saturated rings. The molecule has 0 saturated carbocycles. The summed E-state index contributed by atoms with van der Waals surface area (Å²) in [5.74, 6) is -1.89. The maximum absolute atomic E-state index is 11.5. The maximum Gasteiger partial charge on any atom is 0.328 e. The highest BCUT2D eigenvalue weighted by Gasteiger charge is 2.49. The lowest BCUT2D eigenvalue weighted by Crippen LogP contribution is -2.66. The highest BCUT2D eigenvalue weighted by atomic mass is 16.3. The Morgan fingerprint density at radius 3 is 2.35 bits per heavy atom. The molecule has 1 aliphatic heterocycles. The Morgan fingerprint density at radius 1 is 1.18 bits per heavy atom. The van der Waals surface area contributed by atoms with Gasteiger partial charge in [0.15, 0.2) is 0 Å². The lowest BCUT2D eigenvalue weighted by atomic mass is 9.86. The Hall–Kier alpha value is -1.69. The van der Waals surface area contributed by atoms with E-state index in [4.69, 9.17) is 0 Å². The zero-order chi connectivity index (χ0) is 12.5. The van der Waals surface area contributed by atoms with Crippen LogP contribution in [0.15, 0.2) is 11.6 Å². The third-order valence-corrected chi connectivity index (χ3v) is 3.07. The summed E-state index contributed by atoms with van der Waals surface area (Å²) in [5, 5.41) is 13.9. The number of amides is 4. The normalized spacial score (nSPS) is 23.8. The number of nitrogens with one attached hydrogen (secondary N) is 2. The Balaban J connectivity index is 2.16. The molecule has 0 aromatic heterocycles. The quantitative estimate of drug-likeness (QED) is 0.465. The van der Waals surface area contributed by atoms with Gasteiger partial charge >= 0.3 is 6.03 Å². The molecule has 0 aromatic carbocycles. The summed E-state index contributed by atoms with van der Waals surface area (Å²) in [6, 6.07) is -0.887. The van der Waals surface area contributed by atoms with E-state index in [0.717, 1.165) is 31.3 Å². The summed E-state index contributed by atoms with van der Waals surface area (Å²) in [5.41, 5.74) is -1.27. The molecule has 0 atom stereocenters. The van der Waals surface area contributed by atoms with E-state index in [0.29, 0.717) is 0 Å². The van der Waals surface area contributed by atoms with Crippen molar-refractivity contribution in [3.05, 3.63) is 11.6 Å². The van der Waals surface area contributed by atoms with Gasteiger partial charge in [0.25, 0.3) is 11.8 Å². The Labute approximate surface area is 98.1 Å². The van der Waals surface area contributed by atoms with Crippen molar-refractivity contribution < 1.29 is 19.5 Å². The Bertz CT molecular complexity index is 394. The van der Waals surface area contributed by atoms with Crippen LogP contribution in [0.2, 0.25) is 0 Å². The molecule has 3 N–H and O–H groups in total. The minimum Gasteiger partial charge on any atom is -0.371 e. The fourth-order valence-corrected chi connectivity index (χ4v) is 2.10. The molecule has 0 radical (unpaired) electrons. The maximum atomic E-state index is 11.5. The van der Waals surface area contributed by atoms with Gasteiger partial charge in [0, 0.05) is 6.42 Å². The summed E-state index contributed by atoms with van der Waals surface area (Å²) in [7, 11) is 0. The number of rotatable bonds is 2. The molecule has 1 heterocycles. The number of barbiturate groups is 1. The van der Waals surface area contributed by atoms with Crippen molar-refractivity contribution in [3.8, 4) is 0 Å².